The number of methoxy groups -OCH3 is 4. The molecule has 5 nitrogen and oxygen atoms in total. The van der Waals surface area contributed by atoms with Crippen LogP contribution in [0.1, 0.15) is 0 Å². The van der Waals surface area contributed by atoms with Crippen LogP contribution in [-0.4, -0.2) is 28.4 Å². The van der Waals surface area contributed by atoms with Crippen LogP contribution in [0, 0.1) is 0 Å². The largest absolute Gasteiger partial charge is 0.497 e. The molecule has 5 heteroatoms. The summed E-state index contributed by atoms with van der Waals surface area (Å²) in [6.07, 6.45) is 0. The fraction of sp³-hybridized carbons (Fsp3) is 0.167. The van der Waals surface area contributed by atoms with Crippen LogP contribution in [0.3, 0.4) is 0 Å². The Labute approximate surface area is 169 Å². The van der Waals surface area contributed by atoms with Gasteiger partial charge in [-0.25, -0.2) is 0 Å². The van der Waals surface area contributed by atoms with Crippen molar-refractivity contribution in [2.75, 3.05) is 28.4 Å². The lowest BCUT2D eigenvalue weighted by atomic mass is 9.98. The Morgan fingerprint density at radius 2 is 1.31 bits per heavy atom. The molecule has 0 bridgehead atoms. The van der Waals surface area contributed by atoms with E-state index in [2.05, 4.69) is 0 Å². The fourth-order valence-corrected chi connectivity index (χ4v) is 3.48. The number of rotatable bonds is 6. The number of para-hydroxylation sites is 1. The summed E-state index contributed by atoms with van der Waals surface area (Å²) in [5.74, 6) is 3.51. The van der Waals surface area contributed by atoms with Crippen molar-refractivity contribution in [1.29, 1.82) is 0 Å². The van der Waals surface area contributed by atoms with E-state index in [1.807, 2.05) is 60.7 Å². The first-order chi connectivity index (χ1) is 14.2. The number of furan rings is 1. The lowest BCUT2D eigenvalue weighted by Crippen LogP contribution is -1.91. The van der Waals surface area contributed by atoms with Crippen LogP contribution in [0.4, 0.5) is 0 Å². The Kier molecular flexibility index (Phi) is 5.04. The van der Waals surface area contributed by atoms with Gasteiger partial charge in [0.15, 0.2) is 22.8 Å². The summed E-state index contributed by atoms with van der Waals surface area (Å²) < 4.78 is 28.0. The summed E-state index contributed by atoms with van der Waals surface area (Å²) in [6.45, 7) is 0. The average molecular weight is 390 g/mol. The molecule has 29 heavy (non-hydrogen) atoms. The van der Waals surface area contributed by atoms with Gasteiger partial charge in [0.1, 0.15) is 11.5 Å². The average Bonchev–Trinajstić information content (AvgIpc) is 3.18. The minimum absolute atomic E-state index is 0.637. The van der Waals surface area contributed by atoms with Gasteiger partial charge in [-0.1, -0.05) is 24.3 Å². The first-order valence-electron chi connectivity index (χ1n) is 9.16. The van der Waals surface area contributed by atoms with Gasteiger partial charge in [0.25, 0.3) is 0 Å². The maximum absolute atomic E-state index is 6.34. The zero-order valence-corrected chi connectivity index (χ0v) is 16.8. The van der Waals surface area contributed by atoms with E-state index < -0.39 is 0 Å². The number of benzene rings is 3. The molecule has 0 amide bonds. The number of hydrogen-bond donors (Lipinski definition) is 0. The molecule has 1 aromatic heterocycles. The minimum Gasteiger partial charge on any atom is -0.497 e. The maximum atomic E-state index is 6.34. The second kappa shape index (κ2) is 7.80. The van der Waals surface area contributed by atoms with Crippen molar-refractivity contribution in [3.8, 4) is 45.4 Å². The van der Waals surface area contributed by atoms with Crippen LogP contribution in [0.2, 0.25) is 0 Å². The predicted octanol–water partition coefficient (Wildman–Crippen LogP) is 5.80. The van der Waals surface area contributed by atoms with E-state index in [-0.39, 0.29) is 0 Å². The fourth-order valence-electron chi connectivity index (χ4n) is 3.48. The molecule has 0 N–H and O–H groups in total. The van der Waals surface area contributed by atoms with E-state index in [4.69, 9.17) is 23.4 Å². The zero-order valence-electron chi connectivity index (χ0n) is 16.8. The topological polar surface area (TPSA) is 50.1 Å². The van der Waals surface area contributed by atoms with Crippen molar-refractivity contribution >= 4 is 11.0 Å². The third-order valence-corrected chi connectivity index (χ3v) is 4.92. The highest BCUT2D eigenvalue weighted by molar-refractivity contribution is 6.03. The van der Waals surface area contributed by atoms with E-state index in [9.17, 15) is 0 Å². The summed E-state index contributed by atoms with van der Waals surface area (Å²) in [5.41, 5.74) is 3.58. The molecule has 148 valence electrons. The van der Waals surface area contributed by atoms with Crippen molar-refractivity contribution in [2.24, 2.45) is 0 Å². The highest BCUT2D eigenvalue weighted by Gasteiger charge is 2.21. The molecule has 0 fully saturated rings. The molecule has 0 aliphatic rings. The van der Waals surface area contributed by atoms with E-state index in [0.29, 0.717) is 22.8 Å². The van der Waals surface area contributed by atoms with Crippen LogP contribution >= 0.6 is 0 Å². The molecule has 1 heterocycles. The third kappa shape index (κ3) is 3.25. The van der Waals surface area contributed by atoms with E-state index >= 15 is 0 Å². The molecule has 4 aromatic rings. The molecule has 0 unspecified atom stereocenters. The highest BCUT2D eigenvalue weighted by atomic mass is 16.5. The molecular weight excluding hydrogens is 368 g/mol. The maximum Gasteiger partial charge on any atom is 0.177 e. The monoisotopic (exact) mass is 390 g/mol. The second-order valence-electron chi connectivity index (χ2n) is 6.44. The predicted molar refractivity (Wildman–Crippen MR) is 113 cm³/mol. The van der Waals surface area contributed by atoms with Crippen molar-refractivity contribution in [2.45, 2.75) is 0 Å². The number of hydrogen-bond acceptors (Lipinski definition) is 5. The van der Waals surface area contributed by atoms with Crippen LogP contribution in [0.15, 0.2) is 65.1 Å². The Hall–Kier alpha value is -3.60. The normalized spacial score (nSPS) is 10.8. The molecule has 0 atom stereocenters. The molecule has 0 saturated carbocycles. The Bertz CT molecular complexity index is 1140. The third-order valence-electron chi connectivity index (χ3n) is 4.92. The minimum atomic E-state index is 0.637. The lowest BCUT2D eigenvalue weighted by Gasteiger charge is -2.10. The van der Waals surface area contributed by atoms with Crippen LogP contribution in [0.25, 0.3) is 33.4 Å². The summed E-state index contributed by atoms with van der Waals surface area (Å²) >= 11 is 0. The van der Waals surface area contributed by atoms with Gasteiger partial charge in [-0.2, -0.15) is 0 Å². The molecule has 3 aromatic carbocycles. The summed E-state index contributed by atoms with van der Waals surface area (Å²) in [5, 5.41) is 0.972. The molecule has 0 spiro atoms. The van der Waals surface area contributed by atoms with E-state index in [1.54, 1.807) is 28.4 Å². The van der Waals surface area contributed by atoms with Gasteiger partial charge in [0.2, 0.25) is 0 Å². The molecular formula is C24H22O5. The van der Waals surface area contributed by atoms with Gasteiger partial charge in [-0.15, -0.1) is 0 Å². The molecule has 0 saturated heterocycles. The molecule has 0 aliphatic carbocycles. The van der Waals surface area contributed by atoms with Gasteiger partial charge in [0, 0.05) is 16.5 Å². The van der Waals surface area contributed by atoms with Crippen molar-refractivity contribution in [1.82, 2.24) is 0 Å². The van der Waals surface area contributed by atoms with Crippen molar-refractivity contribution in [3.05, 3.63) is 60.7 Å². The van der Waals surface area contributed by atoms with Crippen LogP contribution in [0.5, 0.6) is 23.0 Å². The van der Waals surface area contributed by atoms with Crippen LogP contribution < -0.4 is 18.9 Å². The van der Waals surface area contributed by atoms with Crippen molar-refractivity contribution < 1.29 is 23.4 Å². The Morgan fingerprint density at radius 3 is 1.97 bits per heavy atom. The Morgan fingerprint density at radius 1 is 0.621 bits per heavy atom. The van der Waals surface area contributed by atoms with E-state index in [1.165, 1.54) is 0 Å². The van der Waals surface area contributed by atoms with Gasteiger partial charge in [0.05, 0.1) is 28.4 Å². The zero-order chi connectivity index (χ0) is 20.4. The van der Waals surface area contributed by atoms with E-state index in [0.717, 1.165) is 33.6 Å². The quantitative estimate of drug-likeness (QED) is 0.416. The van der Waals surface area contributed by atoms with Gasteiger partial charge in [-0.3, -0.25) is 0 Å². The standard InChI is InChI=1S/C24H22O5/c1-25-17-11-8-15(9-12-17)22-18-6-5-7-20(27-3)24(18)29-23(22)16-10-13-19(26-2)21(14-16)28-4/h5-14H,1-4H3. The summed E-state index contributed by atoms with van der Waals surface area (Å²) in [6, 6.07) is 19.5. The molecule has 0 radical (unpaired) electrons. The molecule has 0 aliphatic heterocycles. The van der Waals surface area contributed by atoms with Crippen molar-refractivity contribution in [3.63, 3.8) is 0 Å². The summed E-state index contributed by atoms with van der Waals surface area (Å²) in [7, 11) is 6.53. The highest BCUT2D eigenvalue weighted by Crippen LogP contribution is 2.45. The van der Waals surface area contributed by atoms with Gasteiger partial charge < -0.3 is 23.4 Å². The first-order valence-corrected chi connectivity index (χ1v) is 9.16. The SMILES string of the molecule is COc1ccc(-c2c(-c3ccc(OC)c(OC)c3)oc3c(OC)cccc23)cc1. The second-order valence-corrected chi connectivity index (χ2v) is 6.44. The molecule has 4 rings (SSSR count). The number of ether oxygens (including phenoxy) is 4. The van der Waals surface area contributed by atoms with Gasteiger partial charge >= 0.3 is 0 Å². The number of fused-ring (bicyclic) bond motifs is 1. The smallest absolute Gasteiger partial charge is 0.177 e. The Balaban J connectivity index is 2.00. The lowest BCUT2D eigenvalue weighted by molar-refractivity contribution is 0.355. The van der Waals surface area contributed by atoms with Crippen LogP contribution in [-0.2, 0) is 0 Å². The summed E-state index contributed by atoms with van der Waals surface area (Å²) in [4.78, 5) is 0. The van der Waals surface area contributed by atoms with Gasteiger partial charge in [-0.05, 0) is 42.0 Å². The first kappa shape index (κ1) is 18.7.